The average Bonchev–Trinajstić information content (AvgIpc) is 3.05. The van der Waals surface area contributed by atoms with Crippen LogP contribution in [0.5, 0.6) is 0 Å². The van der Waals surface area contributed by atoms with Crippen molar-refractivity contribution < 1.29 is 61.7 Å². The van der Waals surface area contributed by atoms with E-state index >= 15 is 0 Å². The molecule has 53 heavy (non-hydrogen) atoms. The van der Waals surface area contributed by atoms with Crippen LogP contribution in [0.15, 0.2) is 62.8 Å². The van der Waals surface area contributed by atoms with Gasteiger partial charge in [0.1, 0.15) is 39.5 Å². The molecule has 0 amide bonds. The molecule has 0 saturated heterocycles. The van der Waals surface area contributed by atoms with Crippen LogP contribution in [0.2, 0.25) is 0 Å². The van der Waals surface area contributed by atoms with E-state index in [9.17, 15) is 9.59 Å². The van der Waals surface area contributed by atoms with Gasteiger partial charge in [-0.25, -0.2) is 9.59 Å². The van der Waals surface area contributed by atoms with Crippen molar-refractivity contribution >= 4 is 11.9 Å². The van der Waals surface area contributed by atoms with Crippen molar-refractivity contribution in [1.82, 2.24) is 16.0 Å². The molecule has 0 unspecified atom stereocenters. The Balaban J connectivity index is -0.000000145. The Morgan fingerprint density at radius 3 is 1.09 bits per heavy atom. The van der Waals surface area contributed by atoms with Gasteiger partial charge in [0, 0.05) is 11.1 Å². The minimum atomic E-state index is -0.489. The standard InChI is InChI=1S/C21H41N3O9.C10H14O4.6CH4/c1-4-25-15-22-18-30-9-7-28-13-21(33-12-11-32-20-24-17-27-6-3)14-29-8-10-31-19-23-16-26-5-2;1-7(2)9(11)13-5-6-14-10(12)8(3)4;;;;;;/h4-6,21-24H,1-3,7-20H2;1,3,5-6H2,2,4H3;6*1H4. The first-order valence-corrected chi connectivity index (χ1v) is 14.7. The van der Waals surface area contributed by atoms with Crippen LogP contribution < -0.4 is 16.0 Å². The molecular weight excluding hydrogens is 694 g/mol. The lowest BCUT2D eigenvalue weighted by atomic mass is 10.4. The Morgan fingerprint density at radius 1 is 0.491 bits per heavy atom. The first-order chi connectivity index (χ1) is 22.8. The summed E-state index contributed by atoms with van der Waals surface area (Å²) in [5.41, 5.74) is 0.632. The van der Waals surface area contributed by atoms with Gasteiger partial charge < -0.3 is 52.1 Å². The van der Waals surface area contributed by atoms with Gasteiger partial charge in [0.05, 0.1) is 91.8 Å². The second kappa shape index (κ2) is 55.4. The molecule has 16 nitrogen and oxygen atoms in total. The Morgan fingerprint density at radius 2 is 0.792 bits per heavy atom. The fourth-order valence-electron chi connectivity index (χ4n) is 2.51. The largest absolute Gasteiger partial charge is 0.487 e. The van der Waals surface area contributed by atoms with Gasteiger partial charge in [-0.15, -0.1) is 0 Å². The molecule has 0 atom stereocenters. The zero-order valence-electron chi connectivity index (χ0n) is 28.0. The quantitative estimate of drug-likeness (QED) is 0.0246. The summed E-state index contributed by atoms with van der Waals surface area (Å²) in [4.78, 5) is 21.7. The molecule has 320 valence electrons. The monoisotopic (exact) mass is 774 g/mol. The number of carbonyl (C=O) groups is 2. The van der Waals surface area contributed by atoms with Gasteiger partial charge >= 0.3 is 11.9 Å². The van der Waals surface area contributed by atoms with Crippen LogP contribution in [0.4, 0.5) is 0 Å². The Bertz CT molecular complexity index is 780. The highest BCUT2D eigenvalue weighted by Crippen LogP contribution is 1.97. The van der Waals surface area contributed by atoms with E-state index in [1.165, 1.54) is 18.8 Å². The molecule has 0 heterocycles. The van der Waals surface area contributed by atoms with Crippen molar-refractivity contribution in [2.24, 2.45) is 0 Å². The molecule has 0 bridgehead atoms. The van der Waals surface area contributed by atoms with E-state index in [2.05, 4.69) is 58.3 Å². The van der Waals surface area contributed by atoms with Crippen LogP contribution in [0.3, 0.4) is 0 Å². The highest BCUT2D eigenvalue weighted by molar-refractivity contribution is 5.87. The smallest absolute Gasteiger partial charge is 0.333 e. The molecule has 0 aliphatic rings. The van der Waals surface area contributed by atoms with Gasteiger partial charge in [-0.3, -0.25) is 16.0 Å². The first-order valence-electron chi connectivity index (χ1n) is 14.7. The first kappa shape index (κ1) is 67.8. The fourth-order valence-corrected chi connectivity index (χ4v) is 2.51. The molecule has 3 N–H and O–H groups in total. The van der Waals surface area contributed by atoms with Crippen LogP contribution in [-0.4, -0.2) is 124 Å². The summed E-state index contributed by atoms with van der Waals surface area (Å²) in [5, 5.41) is 8.78. The molecule has 0 aliphatic heterocycles. The van der Waals surface area contributed by atoms with Crippen molar-refractivity contribution in [2.75, 3.05) is 106 Å². The summed E-state index contributed by atoms with van der Waals surface area (Å²) in [5.74, 6) is -0.979. The van der Waals surface area contributed by atoms with E-state index in [0.29, 0.717) is 104 Å². The number of rotatable bonds is 34. The van der Waals surface area contributed by atoms with Crippen molar-refractivity contribution in [2.45, 2.75) is 64.5 Å². The van der Waals surface area contributed by atoms with E-state index in [1.54, 1.807) is 13.8 Å². The summed E-state index contributed by atoms with van der Waals surface area (Å²) in [6.07, 6.45) is 3.83. The SMILES string of the molecule is C.C.C.C.C.C.C=C(C)C(=O)OCCOC(=O)C(=C)C.C=COCNCOCCOCC(COCCOCNCOC=C)OCCOCNCOC=C. The minimum absolute atomic E-state index is 0. The van der Waals surface area contributed by atoms with Crippen LogP contribution in [0.25, 0.3) is 0 Å². The average molecular weight is 774 g/mol. The Hall–Kier alpha value is -3.32. The van der Waals surface area contributed by atoms with Gasteiger partial charge in [-0.2, -0.15) is 0 Å². The van der Waals surface area contributed by atoms with Crippen molar-refractivity contribution in [3.05, 3.63) is 62.8 Å². The highest BCUT2D eigenvalue weighted by atomic mass is 16.6. The Labute approximate surface area is 323 Å². The van der Waals surface area contributed by atoms with E-state index in [4.69, 9.17) is 42.6 Å². The third-order valence-corrected chi connectivity index (χ3v) is 4.70. The van der Waals surface area contributed by atoms with Crippen LogP contribution in [0.1, 0.15) is 58.4 Å². The van der Waals surface area contributed by atoms with Crippen molar-refractivity contribution in [1.29, 1.82) is 0 Å². The molecule has 0 aromatic heterocycles. The van der Waals surface area contributed by atoms with Crippen LogP contribution in [0, 0.1) is 0 Å². The molecule has 0 radical (unpaired) electrons. The van der Waals surface area contributed by atoms with Crippen molar-refractivity contribution in [3.63, 3.8) is 0 Å². The van der Waals surface area contributed by atoms with Crippen LogP contribution in [-0.2, 0) is 61.7 Å². The number of esters is 2. The fraction of sp³-hybridized carbons (Fsp3) is 0.676. The third-order valence-electron chi connectivity index (χ3n) is 4.70. The number of hydrogen-bond acceptors (Lipinski definition) is 16. The van der Waals surface area contributed by atoms with Gasteiger partial charge in [0.25, 0.3) is 0 Å². The molecule has 0 aromatic rings. The molecule has 0 fully saturated rings. The predicted octanol–water partition coefficient (Wildman–Crippen LogP) is 5.49. The topological polar surface area (TPSA) is 172 Å². The predicted molar refractivity (Wildman–Crippen MR) is 214 cm³/mol. The molecule has 0 aromatic carbocycles. The lowest BCUT2D eigenvalue weighted by Crippen LogP contribution is -2.30. The lowest BCUT2D eigenvalue weighted by molar-refractivity contribution is -0.147. The summed E-state index contributed by atoms with van der Waals surface area (Å²) in [6.45, 7) is 25.7. The van der Waals surface area contributed by atoms with Crippen LogP contribution >= 0.6 is 0 Å². The van der Waals surface area contributed by atoms with Gasteiger partial charge in [-0.1, -0.05) is 77.5 Å². The highest BCUT2D eigenvalue weighted by Gasteiger charge is 2.10. The molecule has 0 spiro atoms. The summed E-state index contributed by atoms with van der Waals surface area (Å²) < 4.78 is 57.4. The normalized spacial score (nSPS) is 9.11. The number of hydrogen-bond donors (Lipinski definition) is 3. The van der Waals surface area contributed by atoms with E-state index in [1.807, 2.05) is 0 Å². The maximum atomic E-state index is 10.8. The zero-order chi connectivity index (χ0) is 35.2. The molecule has 0 rings (SSSR count). The second-order valence-electron chi connectivity index (χ2n) is 8.82. The maximum Gasteiger partial charge on any atom is 0.333 e. The van der Waals surface area contributed by atoms with Crippen molar-refractivity contribution in [3.8, 4) is 0 Å². The summed E-state index contributed by atoms with van der Waals surface area (Å²) in [7, 11) is 0. The molecule has 0 saturated carbocycles. The van der Waals surface area contributed by atoms with Gasteiger partial charge in [-0.05, 0) is 13.8 Å². The molecule has 0 aliphatic carbocycles. The number of ether oxygens (including phenoxy) is 11. The van der Waals surface area contributed by atoms with Gasteiger partial charge in [0.2, 0.25) is 0 Å². The second-order valence-corrected chi connectivity index (χ2v) is 8.82. The minimum Gasteiger partial charge on any atom is -0.487 e. The van der Waals surface area contributed by atoms with E-state index in [0.717, 1.165) is 0 Å². The van der Waals surface area contributed by atoms with Gasteiger partial charge in [0.15, 0.2) is 0 Å². The zero-order valence-corrected chi connectivity index (χ0v) is 28.0. The molecular formula is C37H79N3O13. The number of nitrogens with one attached hydrogen (secondary N) is 3. The lowest BCUT2D eigenvalue weighted by Gasteiger charge is -2.18. The third kappa shape index (κ3) is 55.6. The molecule has 16 heteroatoms. The maximum absolute atomic E-state index is 10.8. The van der Waals surface area contributed by atoms with E-state index < -0.39 is 11.9 Å². The number of carbonyl (C=O) groups excluding carboxylic acids is 2. The van der Waals surface area contributed by atoms with E-state index in [-0.39, 0.29) is 63.9 Å². The summed E-state index contributed by atoms with van der Waals surface area (Å²) >= 11 is 0. The Kier molecular flexibility index (Phi) is 70.9. The summed E-state index contributed by atoms with van der Waals surface area (Å²) in [6, 6.07) is 0.